The zero-order chi connectivity index (χ0) is 13.8. The van der Waals surface area contributed by atoms with Gasteiger partial charge in [0.25, 0.3) is 5.91 Å². The van der Waals surface area contributed by atoms with Gasteiger partial charge in [0.1, 0.15) is 5.82 Å². The molecule has 2 amide bonds. The maximum absolute atomic E-state index is 13.3. The number of nitrogens with zero attached hydrogens (tertiary/aromatic N) is 1. The number of carbonyl (C=O) groups is 2. The average molecular weight is 266 g/mol. The third kappa shape index (κ3) is 3.29. The molecule has 0 bridgehead atoms. The number of benzene rings is 1. The second-order valence-corrected chi connectivity index (χ2v) is 4.44. The molecule has 1 aliphatic heterocycles. The lowest BCUT2D eigenvalue weighted by Gasteiger charge is -2.15. The lowest BCUT2D eigenvalue weighted by Crippen LogP contribution is -2.39. The molecular weight excluding hydrogens is 251 g/mol. The number of amides is 2. The quantitative estimate of drug-likeness (QED) is 0.818. The summed E-state index contributed by atoms with van der Waals surface area (Å²) in [5.41, 5.74) is -0.0863. The van der Waals surface area contributed by atoms with Crippen LogP contribution in [0.3, 0.4) is 0 Å². The van der Waals surface area contributed by atoms with E-state index in [-0.39, 0.29) is 24.6 Å². The van der Waals surface area contributed by atoms with Crippen LogP contribution in [0.5, 0.6) is 0 Å². The molecule has 1 aliphatic rings. The van der Waals surface area contributed by atoms with Gasteiger partial charge in [0.05, 0.1) is 18.2 Å². The molecular formula is C13H15FN2O3. The number of hydrogen-bond acceptors (Lipinski definition) is 3. The minimum Gasteiger partial charge on any atom is -0.391 e. The van der Waals surface area contributed by atoms with Crippen LogP contribution in [0.1, 0.15) is 16.8 Å². The molecule has 2 N–H and O–H groups in total. The highest BCUT2D eigenvalue weighted by molar-refractivity contribution is 5.96. The minimum atomic E-state index is -0.621. The van der Waals surface area contributed by atoms with Gasteiger partial charge >= 0.3 is 0 Å². The predicted octanol–water partition coefficient (Wildman–Crippen LogP) is 0.149. The Labute approximate surface area is 110 Å². The van der Waals surface area contributed by atoms with Gasteiger partial charge in [-0.1, -0.05) is 12.1 Å². The first-order valence-corrected chi connectivity index (χ1v) is 6.06. The van der Waals surface area contributed by atoms with Gasteiger partial charge < -0.3 is 15.3 Å². The van der Waals surface area contributed by atoms with Gasteiger partial charge in [-0.25, -0.2) is 4.39 Å². The van der Waals surface area contributed by atoms with Gasteiger partial charge in [0, 0.05) is 13.1 Å². The molecule has 1 heterocycles. The summed E-state index contributed by atoms with van der Waals surface area (Å²) in [6, 6.07) is 5.59. The molecule has 1 fully saturated rings. The molecule has 5 nitrogen and oxygen atoms in total. The van der Waals surface area contributed by atoms with E-state index in [0.29, 0.717) is 13.0 Å². The Kier molecular flexibility index (Phi) is 4.11. The van der Waals surface area contributed by atoms with Crippen molar-refractivity contribution >= 4 is 11.8 Å². The number of β-amino-alcohol motifs (C(OH)–C–C–N with tert-alkyl or cyclic N) is 1. The van der Waals surface area contributed by atoms with Crippen molar-refractivity contribution in [1.82, 2.24) is 10.2 Å². The number of aliphatic hydroxyl groups excluding tert-OH is 1. The topological polar surface area (TPSA) is 69.6 Å². The van der Waals surface area contributed by atoms with Crippen LogP contribution in [-0.4, -0.2) is 47.6 Å². The predicted molar refractivity (Wildman–Crippen MR) is 65.9 cm³/mol. The third-order valence-corrected chi connectivity index (χ3v) is 3.03. The molecule has 0 saturated carbocycles. The molecule has 0 radical (unpaired) electrons. The van der Waals surface area contributed by atoms with E-state index in [1.807, 2.05) is 0 Å². The first-order valence-electron chi connectivity index (χ1n) is 6.06. The number of rotatable bonds is 3. The van der Waals surface area contributed by atoms with Gasteiger partial charge in [0.2, 0.25) is 5.91 Å². The number of likely N-dealkylation sites (tertiary alicyclic amines) is 1. The highest BCUT2D eigenvalue weighted by Crippen LogP contribution is 2.09. The van der Waals surface area contributed by atoms with Crippen molar-refractivity contribution in [2.45, 2.75) is 12.5 Å². The van der Waals surface area contributed by atoms with Gasteiger partial charge in [-0.05, 0) is 18.6 Å². The summed E-state index contributed by atoms with van der Waals surface area (Å²) in [6.07, 6.45) is 0.0544. The smallest absolute Gasteiger partial charge is 0.254 e. The molecule has 1 aromatic rings. The SMILES string of the molecule is O=C(NCC(=O)N1CC[C@H](O)C1)c1ccccc1F. The van der Waals surface area contributed by atoms with Crippen molar-refractivity contribution in [3.05, 3.63) is 35.6 Å². The number of carbonyl (C=O) groups excluding carboxylic acids is 2. The number of nitrogens with one attached hydrogen (secondary N) is 1. The molecule has 0 aliphatic carbocycles. The number of aliphatic hydroxyl groups is 1. The fourth-order valence-electron chi connectivity index (χ4n) is 1.98. The van der Waals surface area contributed by atoms with Gasteiger partial charge in [-0.3, -0.25) is 9.59 Å². The highest BCUT2D eigenvalue weighted by Gasteiger charge is 2.24. The van der Waals surface area contributed by atoms with Crippen molar-refractivity contribution < 1.29 is 19.1 Å². The molecule has 0 aromatic heterocycles. The molecule has 1 atom stereocenters. The summed E-state index contributed by atoms with van der Waals surface area (Å²) >= 11 is 0. The van der Waals surface area contributed by atoms with Crippen molar-refractivity contribution in [3.63, 3.8) is 0 Å². The second kappa shape index (κ2) is 5.79. The van der Waals surface area contributed by atoms with Crippen LogP contribution in [0, 0.1) is 5.82 Å². The number of hydrogen-bond donors (Lipinski definition) is 2. The standard InChI is InChI=1S/C13H15FN2O3/c14-11-4-2-1-3-10(11)13(19)15-7-12(18)16-6-5-9(17)8-16/h1-4,9,17H,5-8H2,(H,15,19)/t9-/m0/s1. The Balaban J connectivity index is 1.87. The maximum atomic E-state index is 13.3. The van der Waals surface area contributed by atoms with Crippen LogP contribution in [0.25, 0.3) is 0 Å². The van der Waals surface area contributed by atoms with Crippen LogP contribution >= 0.6 is 0 Å². The summed E-state index contributed by atoms with van der Waals surface area (Å²) in [6.45, 7) is 0.573. The van der Waals surface area contributed by atoms with Crippen LogP contribution in [0.15, 0.2) is 24.3 Å². The Morgan fingerprint density at radius 2 is 2.16 bits per heavy atom. The molecule has 102 valence electrons. The van der Waals surface area contributed by atoms with Crippen molar-refractivity contribution in [1.29, 1.82) is 0 Å². The van der Waals surface area contributed by atoms with E-state index >= 15 is 0 Å². The molecule has 19 heavy (non-hydrogen) atoms. The summed E-state index contributed by atoms with van der Waals surface area (Å²) in [7, 11) is 0. The van der Waals surface area contributed by atoms with Crippen LogP contribution < -0.4 is 5.32 Å². The Hall–Kier alpha value is -1.95. The Morgan fingerprint density at radius 3 is 2.79 bits per heavy atom. The molecule has 6 heteroatoms. The molecule has 1 saturated heterocycles. The van der Waals surface area contributed by atoms with E-state index in [2.05, 4.69) is 5.32 Å². The lowest BCUT2D eigenvalue weighted by molar-refractivity contribution is -0.129. The average Bonchev–Trinajstić information content (AvgIpc) is 2.83. The van der Waals surface area contributed by atoms with Gasteiger partial charge in [-0.15, -0.1) is 0 Å². The van der Waals surface area contributed by atoms with Gasteiger partial charge in [-0.2, -0.15) is 0 Å². The van der Waals surface area contributed by atoms with Gasteiger partial charge in [0.15, 0.2) is 0 Å². The summed E-state index contributed by atoms with van der Waals surface area (Å²) in [5.74, 6) is -1.52. The van der Waals surface area contributed by atoms with Crippen LogP contribution in [-0.2, 0) is 4.79 Å². The van der Waals surface area contributed by atoms with E-state index in [4.69, 9.17) is 0 Å². The molecule has 0 unspecified atom stereocenters. The van der Waals surface area contributed by atoms with E-state index in [0.717, 1.165) is 0 Å². The largest absolute Gasteiger partial charge is 0.391 e. The molecule has 1 aromatic carbocycles. The third-order valence-electron chi connectivity index (χ3n) is 3.03. The number of halogens is 1. The lowest BCUT2D eigenvalue weighted by atomic mass is 10.2. The molecule has 0 spiro atoms. The molecule has 2 rings (SSSR count). The zero-order valence-electron chi connectivity index (χ0n) is 10.3. The highest BCUT2D eigenvalue weighted by atomic mass is 19.1. The van der Waals surface area contributed by atoms with E-state index in [9.17, 15) is 19.1 Å². The normalized spacial score (nSPS) is 18.4. The fourth-order valence-corrected chi connectivity index (χ4v) is 1.98. The zero-order valence-corrected chi connectivity index (χ0v) is 10.3. The van der Waals surface area contributed by atoms with Crippen molar-refractivity contribution in [2.75, 3.05) is 19.6 Å². The minimum absolute atomic E-state index is 0.0863. The maximum Gasteiger partial charge on any atom is 0.254 e. The van der Waals surface area contributed by atoms with Crippen molar-refractivity contribution in [3.8, 4) is 0 Å². The fraction of sp³-hybridized carbons (Fsp3) is 0.385. The van der Waals surface area contributed by atoms with E-state index < -0.39 is 17.8 Å². The van der Waals surface area contributed by atoms with E-state index in [1.165, 1.54) is 23.1 Å². The summed E-state index contributed by atoms with van der Waals surface area (Å²) in [4.78, 5) is 24.9. The monoisotopic (exact) mass is 266 g/mol. The van der Waals surface area contributed by atoms with Crippen molar-refractivity contribution in [2.24, 2.45) is 0 Å². The van der Waals surface area contributed by atoms with Crippen LogP contribution in [0.2, 0.25) is 0 Å². The first kappa shape index (κ1) is 13.5. The van der Waals surface area contributed by atoms with Crippen LogP contribution in [0.4, 0.5) is 4.39 Å². The summed E-state index contributed by atoms with van der Waals surface area (Å²) in [5, 5.41) is 11.7. The Morgan fingerprint density at radius 1 is 1.42 bits per heavy atom. The Bertz CT molecular complexity index is 493. The summed E-state index contributed by atoms with van der Waals surface area (Å²) < 4.78 is 13.3. The second-order valence-electron chi connectivity index (χ2n) is 4.44. The van der Waals surface area contributed by atoms with E-state index in [1.54, 1.807) is 6.07 Å². The first-order chi connectivity index (χ1) is 9.08.